The van der Waals surface area contributed by atoms with E-state index in [-0.39, 0.29) is 12.0 Å². The summed E-state index contributed by atoms with van der Waals surface area (Å²) in [6, 6.07) is 5.78. The van der Waals surface area contributed by atoms with Crippen molar-refractivity contribution in [2.45, 2.75) is 51.7 Å². The second kappa shape index (κ2) is 9.27. The molecular weight excluding hydrogens is 340 g/mol. The van der Waals surface area contributed by atoms with Crippen LogP contribution in [0.25, 0.3) is 0 Å². The van der Waals surface area contributed by atoms with Crippen LogP contribution < -0.4 is 14.8 Å². The van der Waals surface area contributed by atoms with Crippen molar-refractivity contribution in [1.29, 1.82) is 0 Å². The van der Waals surface area contributed by atoms with Gasteiger partial charge >= 0.3 is 0 Å². The predicted molar refractivity (Wildman–Crippen MR) is 108 cm³/mol. The quantitative estimate of drug-likeness (QED) is 0.708. The van der Waals surface area contributed by atoms with Crippen LogP contribution in [0.2, 0.25) is 0 Å². The van der Waals surface area contributed by atoms with E-state index >= 15 is 0 Å². The molecule has 2 aliphatic rings. The Morgan fingerprint density at radius 2 is 2.00 bits per heavy atom. The van der Waals surface area contributed by atoms with Gasteiger partial charge in [0.05, 0.1) is 12.7 Å². The van der Waals surface area contributed by atoms with Gasteiger partial charge in [0, 0.05) is 31.7 Å². The minimum absolute atomic E-state index is 0.0496. The standard InChI is InChI=1S/C22H32N2O3/c1-16(2)5-4-12-24-13-10-18(11-14-24)27-21-15-19(26-3)8-9-20(21)22(25)23-17-6-7-17/h4-5,8-9,15-18H,6-7,10-14H2,1-3H3,(H,23,25). The van der Waals surface area contributed by atoms with Gasteiger partial charge in [-0.3, -0.25) is 9.69 Å². The molecule has 0 radical (unpaired) electrons. The maximum atomic E-state index is 12.5. The van der Waals surface area contributed by atoms with Gasteiger partial charge in [0.1, 0.15) is 17.6 Å². The lowest BCUT2D eigenvalue weighted by Crippen LogP contribution is -2.38. The molecule has 1 heterocycles. The largest absolute Gasteiger partial charge is 0.497 e. The van der Waals surface area contributed by atoms with Gasteiger partial charge in [0.25, 0.3) is 5.91 Å². The zero-order valence-electron chi connectivity index (χ0n) is 16.7. The van der Waals surface area contributed by atoms with Crippen LogP contribution in [0.5, 0.6) is 11.5 Å². The van der Waals surface area contributed by atoms with Crippen molar-refractivity contribution in [2.24, 2.45) is 5.92 Å². The number of carbonyl (C=O) groups excluding carboxylic acids is 1. The van der Waals surface area contributed by atoms with E-state index in [1.165, 1.54) is 0 Å². The minimum atomic E-state index is -0.0496. The second-order valence-corrected chi connectivity index (χ2v) is 7.90. The molecule has 0 unspecified atom stereocenters. The highest BCUT2D eigenvalue weighted by atomic mass is 16.5. The lowest BCUT2D eigenvalue weighted by Gasteiger charge is -2.32. The summed E-state index contributed by atoms with van der Waals surface area (Å²) in [6.07, 6.45) is 8.73. The average molecular weight is 373 g/mol. The molecule has 27 heavy (non-hydrogen) atoms. The highest BCUT2D eigenvalue weighted by Gasteiger charge is 2.27. The SMILES string of the molecule is COc1ccc(C(=O)NC2CC2)c(OC2CCN(CC=CC(C)C)CC2)c1. The molecule has 5 heteroatoms. The number of rotatable bonds is 8. The van der Waals surface area contributed by atoms with E-state index in [0.717, 1.165) is 45.3 Å². The summed E-state index contributed by atoms with van der Waals surface area (Å²) in [5.74, 6) is 1.89. The van der Waals surface area contributed by atoms with Crippen LogP contribution in [0.15, 0.2) is 30.4 Å². The normalized spacial score (nSPS) is 18.8. The minimum Gasteiger partial charge on any atom is -0.497 e. The summed E-state index contributed by atoms with van der Waals surface area (Å²) in [6.45, 7) is 7.42. The summed E-state index contributed by atoms with van der Waals surface area (Å²) in [7, 11) is 1.63. The number of benzene rings is 1. The second-order valence-electron chi connectivity index (χ2n) is 7.90. The van der Waals surface area contributed by atoms with Gasteiger partial charge in [-0.15, -0.1) is 0 Å². The first-order valence-electron chi connectivity index (χ1n) is 10.1. The van der Waals surface area contributed by atoms with Crippen molar-refractivity contribution in [1.82, 2.24) is 10.2 Å². The highest BCUT2D eigenvalue weighted by molar-refractivity contribution is 5.97. The molecule has 1 aliphatic heterocycles. The summed E-state index contributed by atoms with van der Waals surface area (Å²) in [5, 5.41) is 3.05. The molecule has 1 amide bonds. The fourth-order valence-corrected chi connectivity index (χ4v) is 3.28. The summed E-state index contributed by atoms with van der Waals surface area (Å²) < 4.78 is 11.6. The lowest BCUT2D eigenvalue weighted by atomic mass is 10.1. The number of nitrogens with one attached hydrogen (secondary N) is 1. The number of methoxy groups -OCH3 is 1. The molecule has 1 aromatic rings. The number of nitrogens with zero attached hydrogens (tertiary/aromatic N) is 1. The summed E-state index contributed by atoms with van der Waals surface area (Å²) in [5.41, 5.74) is 0.602. The topological polar surface area (TPSA) is 50.8 Å². The molecule has 2 fully saturated rings. The molecule has 148 valence electrons. The highest BCUT2D eigenvalue weighted by Crippen LogP contribution is 2.29. The van der Waals surface area contributed by atoms with E-state index in [1.807, 2.05) is 12.1 Å². The van der Waals surface area contributed by atoms with Gasteiger partial charge in [-0.25, -0.2) is 0 Å². The van der Waals surface area contributed by atoms with E-state index in [1.54, 1.807) is 13.2 Å². The number of likely N-dealkylation sites (tertiary alicyclic amines) is 1. The summed E-state index contributed by atoms with van der Waals surface area (Å²) >= 11 is 0. The zero-order chi connectivity index (χ0) is 19.2. The number of hydrogen-bond acceptors (Lipinski definition) is 4. The van der Waals surface area contributed by atoms with Gasteiger partial charge in [-0.1, -0.05) is 26.0 Å². The first kappa shape index (κ1) is 19.7. The molecular formula is C22H32N2O3. The van der Waals surface area contributed by atoms with Crippen LogP contribution in [0.3, 0.4) is 0 Å². The van der Waals surface area contributed by atoms with Gasteiger partial charge in [0.15, 0.2) is 0 Å². The molecule has 3 rings (SSSR count). The van der Waals surface area contributed by atoms with E-state index < -0.39 is 0 Å². The van der Waals surface area contributed by atoms with Gasteiger partial charge < -0.3 is 14.8 Å². The average Bonchev–Trinajstić information content (AvgIpc) is 3.46. The number of carbonyl (C=O) groups is 1. The van der Waals surface area contributed by atoms with Gasteiger partial charge in [-0.2, -0.15) is 0 Å². The molecule has 0 aromatic heterocycles. The third-order valence-electron chi connectivity index (χ3n) is 5.06. The molecule has 1 saturated heterocycles. The fourth-order valence-electron chi connectivity index (χ4n) is 3.28. The number of piperidine rings is 1. The molecule has 1 N–H and O–H groups in total. The van der Waals surface area contributed by atoms with Crippen LogP contribution in [0.1, 0.15) is 49.9 Å². The maximum absolute atomic E-state index is 12.5. The van der Waals surface area contributed by atoms with E-state index in [4.69, 9.17) is 9.47 Å². The van der Waals surface area contributed by atoms with Crippen LogP contribution >= 0.6 is 0 Å². The van der Waals surface area contributed by atoms with Gasteiger partial charge in [-0.05, 0) is 43.7 Å². The molecule has 0 atom stereocenters. The smallest absolute Gasteiger partial charge is 0.255 e. The van der Waals surface area contributed by atoms with Crippen molar-refractivity contribution in [3.63, 3.8) is 0 Å². The Morgan fingerprint density at radius 3 is 2.63 bits per heavy atom. The first-order valence-corrected chi connectivity index (χ1v) is 10.1. The molecule has 1 aliphatic carbocycles. The molecule has 5 nitrogen and oxygen atoms in total. The third kappa shape index (κ3) is 5.99. The van der Waals surface area contributed by atoms with Gasteiger partial charge in [0.2, 0.25) is 0 Å². The maximum Gasteiger partial charge on any atom is 0.255 e. The predicted octanol–water partition coefficient (Wildman–Crippen LogP) is 3.64. The molecule has 0 bridgehead atoms. The number of hydrogen-bond donors (Lipinski definition) is 1. The van der Waals surface area contributed by atoms with Crippen molar-refractivity contribution in [3.8, 4) is 11.5 Å². The number of amides is 1. The number of allylic oxidation sites excluding steroid dienone is 1. The van der Waals surface area contributed by atoms with Crippen molar-refractivity contribution in [2.75, 3.05) is 26.7 Å². The van der Waals surface area contributed by atoms with Crippen LogP contribution in [-0.2, 0) is 0 Å². The Morgan fingerprint density at radius 1 is 1.26 bits per heavy atom. The lowest BCUT2D eigenvalue weighted by molar-refractivity contribution is 0.0916. The molecule has 0 spiro atoms. The Kier molecular flexibility index (Phi) is 6.78. The summed E-state index contributed by atoms with van der Waals surface area (Å²) in [4.78, 5) is 15.0. The Labute approximate surface area is 162 Å². The Bertz CT molecular complexity index is 660. The van der Waals surface area contributed by atoms with E-state index in [2.05, 4.69) is 36.2 Å². The van der Waals surface area contributed by atoms with Crippen molar-refractivity contribution >= 4 is 5.91 Å². The Hall–Kier alpha value is -2.01. The van der Waals surface area contributed by atoms with Crippen LogP contribution in [0, 0.1) is 5.92 Å². The fraction of sp³-hybridized carbons (Fsp3) is 0.591. The monoisotopic (exact) mass is 372 g/mol. The number of ether oxygens (including phenoxy) is 2. The molecule has 1 aromatic carbocycles. The van der Waals surface area contributed by atoms with Crippen molar-refractivity contribution in [3.05, 3.63) is 35.9 Å². The van der Waals surface area contributed by atoms with Crippen molar-refractivity contribution < 1.29 is 14.3 Å². The van der Waals surface area contributed by atoms with Crippen LogP contribution in [-0.4, -0.2) is 49.7 Å². The van der Waals surface area contributed by atoms with E-state index in [9.17, 15) is 4.79 Å². The van der Waals surface area contributed by atoms with Crippen LogP contribution in [0.4, 0.5) is 0 Å². The molecule has 1 saturated carbocycles. The first-order chi connectivity index (χ1) is 13.0. The Balaban J connectivity index is 1.58. The zero-order valence-corrected chi connectivity index (χ0v) is 16.7. The third-order valence-corrected chi connectivity index (χ3v) is 5.06. The van der Waals surface area contributed by atoms with E-state index in [0.29, 0.717) is 29.0 Å².